The van der Waals surface area contributed by atoms with Crippen molar-refractivity contribution in [1.82, 2.24) is 14.9 Å². The van der Waals surface area contributed by atoms with Crippen LogP contribution in [0.2, 0.25) is 0 Å². The molecule has 0 amide bonds. The Morgan fingerprint density at radius 3 is 2.57 bits per heavy atom. The van der Waals surface area contributed by atoms with Gasteiger partial charge in [0.15, 0.2) is 0 Å². The summed E-state index contributed by atoms with van der Waals surface area (Å²) in [5.41, 5.74) is 7.56. The maximum atomic E-state index is 11.3. The lowest BCUT2D eigenvalue weighted by Gasteiger charge is -2.22. The number of nitrogens with two attached hydrogens (primary N) is 1. The van der Waals surface area contributed by atoms with E-state index in [-0.39, 0.29) is 17.2 Å². The molecule has 1 aliphatic rings. The number of anilines is 1. The van der Waals surface area contributed by atoms with E-state index in [0.29, 0.717) is 0 Å². The topological polar surface area (TPSA) is 98.2 Å². The van der Waals surface area contributed by atoms with Gasteiger partial charge in [-0.15, -0.1) is 0 Å². The van der Waals surface area contributed by atoms with Crippen molar-refractivity contribution < 1.29 is 4.92 Å². The smallest absolute Gasteiger partial charge is 0.336 e. The second kappa shape index (κ2) is 6.43. The lowest BCUT2D eigenvalue weighted by Crippen LogP contribution is -2.17. The molecule has 1 saturated heterocycles. The van der Waals surface area contributed by atoms with E-state index in [1.54, 1.807) is 6.08 Å². The van der Waals surface area contributed by atoms with Gasteiger partial charge in [-0.1, -0.05) is 30.3 Å². The van der Waals surface area contributed by atoms with E-state index in [1.165, 1.54) is 6.33 Å². The van der Waals surface area contributed by atoms with E-state index in [2.05, 4.69) is 14.9 Å². The minimum atomic E-state index is -0.534. The standard InChI is InChI=1S/C16H17N5O2/c17-16-15(21(22)23)13(18-11-19-16)10-14(20-8-4-5-9-20)12-6-2-1-3-7-12/h1-3,6-7,10-11H,4-5,8-9H2,(H2,17,18,19)/b14-10+. The van der Waals surface area contributed by atoms with E-state index >= 15 is 0 Å². The first-order chi connectivity index (χ1) is 11.2. The van der Waals surface area contributed by atoms with Gasteiger partial charge < -0.3 is 10.6 Å². The first kappa shape index (κ1) is 15.0. The van der Waals surface area contributed by atoms with Crippen molar-refractivity contribution in [3.8, 4) is 0 Å². The highest BCUT2D eigenvalue weighted by Crippen LogP contribution is 2.30. The molecule has 1 fully saturated rings. The first-order valence-electron chi connectivity index (χ1n) is 7.44. The van der Waals surface area contributed by atoms with Crippen LogP contribution in [0.1, 0.15) is 24.1 Å². The third kappa shape index (κ3) is 3.13. The minimum absolute atomic E-state index is 0.120. The molecule has 2 aromatic rings. The molecular weight excluding hydrogens is 294 g/mol. The van der Waals surface area contributed by atoms with Gasteiger partial charge in [-0.25, -0.2) is 9.97 Å². The zero-order chi connectivity index (χ0) is 16.2. The van der Waals surface area contributed by atoms with Crippen molar-refractivity contribution >= 4 is 23.3 Å². The predicted molar refractivity (Wildman–Crippen MR) is 88.2 cm³/mol. The van der Waals surface area contributed by atoms with Crippen molar-refractivity contribution in [2.24, 2.45) is 0 Å². The third-order valence-electron chi connectivity index (χ3n) is 3.85. The van der Waals surface area contributed by atoms with Crippen LogP contribution in [0, 0.1) is 10.1 Å². The molecular formula is C16H17N5O2. The number of nitro groups is 1. The molecule has 0 spiro atoms. The van der Waals surface area contributed by atoms with Gasteiger partial charge in [-0.05, 0) is 24.5 Å². The summed E-state index contributed by atoms with van der Waals surface area (Å²) in [6.45, 7) is 1.85. The summed E-state index contributed by atoms with van der Waals surface area (Å²) in [6, 6.07) is 9.81. The van der Waals surface area contributed by atoms with E-state index in [9.17, 15) is 10.1 Å². The predicted octanol–water partition coefficient (Wildman–Crippen LogP) is 2.56. The Morgan fingerprint density at radius 2 is 1.91 bits per heavy atom. The van der Waals surface area contributed by atoms with Crippen LogP contribution < -0.4 is 5.73 Å². The molecule has 1 aliphatic heterocycles. The van der Waals surface area contributed by atoms with Crippen molar-refractivity contribution in [3.05, 3.63) is 58.0 Å². The lowest BCUT2D eigenvalue weighted by molar-refractivity contribution is -0.384. The molecule has 2 heterocycles. The first-order valence-corrected chi connectivity index (χ1v) is 7.44. The summed E-state index contributed by atoms with van der Waals surface area (Å²) in [6.07, 6.45) is 5.20. The highest BCUT2D eigenvalue weighted by atomic mass is 16.6. The van der Waals surface area contributed by atoms with E-state index in [1.807, 2.05) is 30.3 Å². The second-order valence-corrected chi connectivity index (χ2v) is 5.34. The fourth-order valence-corrected chi connectivity index (χ4v) is 2.75. The van der Waals surface area contributed by atoms with Crippen LogP contribution in [0.3, 0.4) is 0 Å². The molecule has 7 nitrogen and oxygen atoms in total. The van der Waals surface area contributed by atoms with Crippen LogP contribution in [-0.4, -0.2) is 32.9 Å². The number of benzene rings is 1. The molecule has 3 rings (SSSR count). The lowest BCUT2D eigenvalue weighted by atomic mass is 10.1. The highest BCUT2D eigenvalue weighted by Gasteiger charge is 2.22. The van der Waals surface area contributed by atoms with Crippen LogP contribution in [-0.2, 0) is 0 Å². The number of aromatic nitrogens is 2. The van der Waals surface area contributed by atoms with Crippen LogP contribution >= 0.6 is 0 Å². The Hall–Kier alpha value is -2.96. The van der Waals surface area contributed by atoms with Crippen LogP contribution in [0.25, 0.3) is 11.8 Å². The molecule has 0 bridgehead atoms. The second-order valence-electron chi connectivity index (χ2n) is 5.34. The highest BCUT2D eigenvalue weighted by molar-refractivity contribution is 5.83. The Labute approximate surface area is 133 Å². The van der Waals surface area contributed by atoms with Crippen LogP contribution in [0.4, 0.5) is 11.5 Å². The molecule has 2 N–H and O–H groups in total. The molecule has 23 heavy (non-hydrogen) atoms. The molecule has 0 radical (unpaired) electrons. The number of nitrogens with zero attached hydrogens (tertiary/aromatic N) is 4. The molecule has 0 atom stereocenters. The number of rotatable bonds is 4. The number of hydrogen-bond acceptors (Lipinski definition) is 6. The monoisotopic (exact) mass is 311 g/mol. The average Bonchev–Trinajstić information content (AvgIpc) is 3.07. The van der Waals surface area contributed by atoms with Gasteiger partial charge in [0.05, 0.1) is 4.92 Å². The van der Waals surface area contributed by atoms with Gasteiger partial charge in [-0.3, -0.25) is 10.1 Å². The van der Waals surface area contributed by atoms with E-state index < -0.39 is 4.92 Å². The summed E-state index contributed by atoms with van der Waals surface area (Å²) < 4.78 is 0. The van der Waals surface area contributed by atoms with Crippen LogP contribution in [0.5, 0.6) is 0 Å². The molecule has 7 heteroatoms. The summed E-state index contributed by atoms with van der Waals surface area (Å²) in [4.78, 5) is 20.8. The summed E-state index contributed by atoms with van der Waals surface area (Å²) in [7, 11) is 0. The van der Waals surface area contributed by atoms with Gasteiger partial charge in [0.1, 0.15) is 12.0 Å². The fraction of sp³-hybridized carbons (Fsp3) is 0.250. The molecule has 0 unspecified atom stereocenters. The minimum Gasteiger partial charge on any atom is -0.378 e. The van der Waals surface area contributed by atoms with Gasteiger partial charge in [0.2, 0.25) is 5.82 Å². The number of likely N-dealkylation sites (tertiary alicyclic amines) is 1. The Morgan fingerprint density at radius 1 is 1.22 bits per heavy atom. The Kier molecular flexibility index (Phi) is 4.18. The van der Waals surface area contributed by atoms with Crippen LogP contribution in [0.15, 0.2) is 36.7 Å². The van der Waals surface area contributed by atoms with Crippen molar-refractivity contribution in [3.63, 3.8) is 0 Å². The summed E-state index contributed by atoms with van der Waals surface area (Å²) in [5, 5.41) is 11.3. The van der Waals surface area contributed by atoms with E-state index in [4.69, 9.17) is 5.73 Å². The van der Waals surface area contributed by atoms with Gasteiger partial charge in [-0.2, -0.15) is 0 Å². The Balaban J connectivity index is 2.12. The van der Waals surface area contributed by atoms with Gasteiger partial charge in [0.25, 0.3) is 0 Å². The SMILES string of the molecule is Nc1ncnc(/C=C(\c2ccccc2)N2CCCC2)c1[N+](=O)[O-]. The molecule has 118 valence electrons. The quantitative estimate of drug-likeness (QED) is 0.688. The fourth-order valence-electron chi connectivity index (χ4n) is 2.75. The number of hydrogen-bond donors (Lipinski definition) is 1. The molecule has 0 aliphatic carbocycles. The van der Waals surface area contributed by atoms with Crippen molar-refractivity contribution in [2.45, 2.75) is 12.8 Å². The van der Waals surface area contributed by atoms with Crippen molar-refractivity contribution in [1.29, 1.82) is 0 Å². The summed E-state index contributed by atoms with van der Waals surface area (Å²) >= 11 is 0. The third-order valence-corrected chi connectivity index (χ3v) is 3.85. The zero-order valence-corrected chi connectivity index (χ0v) is 12.6. The molecule has 1 aromatic carbocycles. The summed E-state index contributed by atoms with van der Waals surface area (Å²) in [5.74, 6) is -0.120. The van der Waals surface area contributed by atoms with Gasteiger partial charge >= 0.3 is 5.69 Å². The molecule has 1 aromatic heterocycles. The Bertz CT molecular complexity index is 739. The molecule has 0 saturated carbocycles. The maximum absolute atomic E-state index is 11.3. The average molecular weight is 311 g/mol. The maximum Gasteiger partial charge on any atom is 0.336 e. The largest absolute Gasteiger partial charge is 0.378 e. The van der Waals surface area contributed by atoms with Gasteiger partial charge in [0, 0.05) is 18.8 Å². The zero-order valence-electron chi connectivity index (χ0n) is 12.6. The normalized spacial score (nSPS) is 15.0. The van der Waals surface area contributed by atoms with Crippen molar-refractivity contribution in [2.75, 3.05) is 18.8 Å². The van der Waals surface area contributed by atoms with E-state index in [0.717, 1.165) is 37.2 Å². The number of nitrogen functional groups attached to an aromatic ring is 1.